The highest BCUT2D eigenvalue weighted by Crippen LogP contribution is 2.17. The van der Waals surface area contributed by atoms with E-state index < -0.39 is 0 Å². The topological polar surface area (TPSA) is 88.5 Å². The Kier molecular flexibility index (Phi) is 2.42. The maximum Gasteiger partial charge on any atom is 0.230 e. The number of nitrogens with one attached hydrogen (secondary N) is 1. The van der Waals surface area contributed by atoms with E-state index in [1.54, 1.807) is 11.4 Å². The van der Waals surface area contributed by atoms with Gasteiger partial charge in [-0.1, -0.05) is 0 Å². The van der Waals surface area contributed by atoms with Crippen LogP contribution in [-0.4, -0.2) is 33.1 Å². The van der Waals surface area contributed by atoms with Crippen molar-refractivity contribution in [1.82, 2.24) is 14.4 Å². The average molecular weight is 207 g/mol. The lowest BCUT2D eigenvalue weighted by molar-refractivity contribution is 0.450. The highest BCUT2D eigenvalue weighted by Gasteiger charge is 2.08. The van der Waals surface area contributed by atoms with E-state index in [4.69, 9.17) is 5.73 Å². The number of hydrogen-bond acceptors (Lipinski definition) is 5. The second-order valence-electron chi connectivity index (χ2n) is 3.20. The van der Waals surface area contributed by atoms with Crippen LogP contribution < -0.4 is 11.1 Å². The Morgan fingerprint density at radius 2 is 2.27 bits per heavy atom. The van der Waals surface area contributed by atoms with Crippen molar-refractivity contribution in [3.8, 4) is 5.88 Å². The van der Waals surface area contributed by atoms with Crippen molar-refractivity contribution in [3.05, 3.63) is 18.1 Å². The van der Waals surface area contributed by atoms with Gasteiger partial charge in [0, 0.05) is 19.7 Å². The second kappa shape index (κ2) is 3.74. The summed E-state index contributed by atoms with van der Waals surface area (Å²) in [6.07, 6.45) is 4.07. The summed E-state index contributed by atoms with van der Waals surface area (Å²) >= 11 is 0. The highest BCUT2D eigenvalue weighted by molar-refractivity contribution is 5.63. The first-order valence-electron chi connectivity index (χ1n) is 4.70. The molecule has 0 saturated heterocycles. The van der Waals surface area contributed by atoms with E-state index >= 15 is 0 Å². The zero-order chi connectivity index (χ0) is 10.8. The molecule has 0 radical (unpaired) electrons. The van der Waals surface area contributed by atoms with Crippen LogP contribution in [-0.2, 0) is 6.42 Å². The molecule has 0 fully saturated rings. The largest absolute Gasteiger partial charge is 0.492 e. The SMILES string of the molecule is CNc1nc(O)cn2cc(CCN)nc12. The Balaban J connectivity index is 2.58. The van der Waals surface area contributed by atoms with Crippen molar-refractivity contribution in [2.24, 2.45) is 5.73 Å². The Labute approximate surface area is 86.8 Å². The summed E-state index contributed by atoms with van der Waals surface area (Å²) in [5, 5.41) is 12.2. The van der Waals surface area contributed by atoms with E-state index in [0.29, 0.717) is 24.4 Å². The van der Waals surface area contributed by atoms with Gasteiger partial charge >= 0.3 is 0 Å². The molecule has 6 heteroatoms. The van der Waals surface area contributed by atoms with Crippen LogP contribution in [0, 0.1) is 0 Å². The molecule has 2 heterocycles. The van der Waals surface area contributed by atoms with Crippen LogP contribution in [0.25, 0.3) is 5.65 Å². The molecular formula is C9H13N5O. The summed E-state index contributed by atoms with van der Waals surface area (Å²) in [5.74, 6) is 0.516. The zero-order valence-electron chi connectivity index (χ0n) is 8.44. The molecule has 0 spiro atoms. The van der Waals surface area contributed by atoms with Crippen molar-refractivity contribution >= 4 is 11.5 Å². The van der Waals surface area contributed by atoms with Crippen molar-refractivity contribution in [2.45, 2.75) is 6.42 Å². The predicted molar refractivity (Wildman–Crippen MR) is 57.0 cm³/mol. The molecule has 0 saturated carbocycles. The van der Waals surface area contributed by atoms with Gasteiger partial charge in [-0.15, -0.1) is 0 Å². The first-order valence-corrected chi connectivity index (χ1v) is 4.70. The molecule has 0 aliphatic heterocycles. The van der Waals surface area contributed by atoms with Gasteiger partial charge in [-0.3, -0.25) is 4.40 Å². The van der Waals surface area contributed by atoms with E-state index in [9.17, 15) is 5.11 Å². The second-order valence-corrected chi connectivity index (χ2v) is 3.20. The number of nitrogens with zero attached hydrogens (tertiary/aromatic N) is 3. The minimum atomic E-state index is -0.0384. The van der Waals surface area contributed by atoms with Crippen LogP contribution in [0.3, 0.4) is 0 Å². The van der Waals surface area contributed by atoms with Crippen molar-refractivity contribution < 1.29 is 5.11 Å². The molecule has 4 N–H and O–H groups in total. The van der Waals surface area contributed by atoms with Gasteiger partial charge < -0.3 is 16.2 Å². The van der Waals surface area contributed by atoms with Crippen molar-refractivity contribution in [2.75, 3.05) is 18.9 Å². The third kappa shape index (κ3) is 1.71. The van der Waals surface area contributed by atoms with Crippen LogP contribution in [0.5, 0.6) is 5.88 Å². The van der Waals surface area contributed by atoms with E-state index in [1.807, 2.05) is 6.20 Å². The number of anilines is 1. The Morgan fingerprint density at radius 3 is 2.93 bits per heavy atom. The number of nitrogens with two attached hydrogens (primary N) is 1. The minimum Gasteiger partial charge on any atom is -0.492 e. The number of aromatic hydroxyl groups is 1. The summed E-state index contributed by atoms with van der Waals surface area (Å²) in [5.41, 5.74) is 7.04. The summed E-state index contributed by atoms with van der Waals surface area (Å²) in [7, 11) is 1.74. The fourth-order valence-electron chi connectivity index (χ4n) is 1.47. The number of aromatic nitrogens is 3. The Hall–Kier alpha value is -1.82. The number of imidazole rings is 1. The van der Waals surface area contributed by atoms with Gasteiger partial charge in [0.25, 0.3) is 0 Å². The molecule has 0 unspecified atom stereocenters. The summed E-state index contributed by atoms with van der Waals surface area (Å²) in [6.45, 7) is 0.554. The van der Waals surface area contributed by atoms with Gasteiger partial charge in [0.1, 0.15) is 0 Å². The lowest BCUT2D eigenvalue weighted by atomic mass is 10.3. The normalized spacial score (nSPS) is 10.8. The van der Waals surface area contributed by atoms with Gasteiger partial charge in [-0.05, 0) is 6.54 Å². The van der Waals surface area contributed by atoms with Gasteiger partial charge in [-0.2, -0.15) is 4.98 Å². The molecule has 0 aliphatic rings. The first kappa shape index (κ1) is 9.72. The number of fused-ring (bicyclic) bond motifs is 1. The van der Waals surface area contributed by atoms with Crippen LogP contribution in [0.1, 0.15) is 5.69 Å². The zero-order valence-corrected chi connectivity index (χ0v) is 8.44. The van der Waals surface area contributed by atoms with Gasteiger partial charge in [0.05, 0.1) is 11.9 Å². The van der Waals surface area contributed by atoms with Crippen molar-refractivity contribution in [3.63, 3.8) is 0 Å². The molecule has 2 aromatic rings. The summed E-state index contributed by atoms with van der Waals surface area (Å²) in [4.78, 5) is 8.28. The quantitative estimate of drug-likeness (QED) is 0.658. The summed E-state index contributed by atoms with van der Waals surface area (Å²) < 4.78 is 1.74. The third-order valence-electron chi connectivity index (χ3n) is 2.11. The average Bonchev–Trinajstić information content (AvgIpc) is 2.59. The molecular weight excluding hydrogens is 194 g/mol. The molecule has 6 nitrogen and oxygen atoms in total. The van der Waals surface area contributed by atoms with Crippen LogP contribution in [0.4, 0.5) is 5.82 Å². The number of rotatable bonds is 3. The lowest BCUT2D eigenvalue weighted by Gasteiger charge is -2.01. The minimum absolute atomic E-state index is 0.0384. The molecule has 0 amide bonds. The van der Waals surface area contributed by atoms with E-state index in [0.717, 1.165) is 5.69 Å². The molecule has 15 heavy (non-hydrogen) atoms. The molecule has 0 aromatic carbocycles. The third-order valence-corrected chi connectivity index (χ3v) is 2.11. The highest BCUT2D eigenvalue weighted by atomic mass is 16.3. The first-order chi connectivity index (χ1) is 7.24. The standard InChI is InChI=1S/C9H13N5O/c1-11-8-9-12-6(2-3-10)4-14(9)5-7(15)13-8/h4-5,15H,2-3,10H2,1H3,(H,11,13). The fraction of sp³-hybridized carbons (Fsp3) is 0.333. The molecule has 0 aliphatic carbocycles. The predicted octanol–water partition coefficient (Wildman–Crippen LogP) is -0.0222. The van der Waals surface area contributed by atoms with E-state index in [2.05, 4.69) is 15.3 Å². The van der Waals surface area contributed by atoms with Crippen LogP contribution in [0.2, 0.25) is 0 Å². The maximum atomic E-state index is 9.36. The lowest BCUT2D eigenvalue weighted by Crippen LogP contribution is -2.02. The van der Waals surface area contributed by atoms with Crippen LogP contribution >= 0.6 is 0 Å². The molecule has 2 aromatic heterocycles. The molecule has 2 rings (SSSR count). The molecule has 80 valence electrons. The Morgan fingerprint density at radius 1 is 1.47 bits per heavy atom. The maximum absolute atomic E-state index is 9.36. The number of hydrogen-bond donors (Lipinski definition) is 3. The molecule has 0 atom stereocenters. The Bertz CT molecular complexity index is 479. The molecule has 0 bridgehead atoms. The van der Waals surface area contributed by atoms with Crippen LogP contribution in [0.15, 0.2) is 12.4 Å². The van der Waals surface area contributed by atoms with Gasteiger partial charge in [0.15, 0.2) is 11.5 Å². The van der Waals surface area contributed by atoms with E-state index in [-0.39, 0.29) is 5.88 Å². The monoisotopic (exact) mass is 207 g/mol. The van der Waals surface area contributed by atoms with Gasteiger partial charge in [-0.25, -0.2) is 4.98 Å². The smallest absolute Gasteiger partial charge is 0.230 e. The van der Waals surface area contributed by atoms with Gasteiger partial charge in [0.2, 0.25) is 5.88 Å². The van der Waals surface area contributed by atoms with E-state index in [1.165, 1.54) is 6.20 Å². The fourth-order valence-corrected chi connectivity index (χ4v) is 1.47. The van der Waals surface area contributed by atoms with Crippen molar-refractivity contribution in [1.29, 1.82) is 0 Å². The summed E-state index contributed by atoms with van der Waals surface area (Å²) in [6, 6.07) is 0.